The van der Waals surface area contributed by atoms with Crippen LogP contribution in [-0.2, 0) is 14.3 Å². The van der Waals surface area contributed by atoms with E-state index in [9.17, 15) is 22.8 Å². The minimum absolute atomic E-state index is 0.164. The van der Waals surface area contributed by atoms with Crippen LogP contribution in [0.1, 0.15) is 27.2 Å². The van der Waals surface area contributed by atoms with Crippen molar-refractivity contribution in [2.45, 2.75) is 45.5 Å². The Labute approximate surface area is 116 Å². The summed E-state index contributed by atoms with van der Waals surface area (Å²) in [6.45, 7) is 3.75. The highest BCUT2D eigenvalue weighted by Gasteiger charge is 2.30. The van der Waals surface area contributed by atoms with E-state index >= 15 is 0 Å². The predicted molar refractivity (Wildman–Crippen MR) is 66.9 cm³/mol. The molecular formula is C12H21F3N2O3. The number of hydrogen-bond acceptors (Lipinski definition) is 4. The molecule has 2 unspecified atom stereocenters. The number of esters is 1. The molecule has 20 heavy (non-hydrogen) atoms. The number of methoxy groups -OCH3 is 1. The summed E-state index contributed by atoms with van der Waals surface area (Å²) in [6.07, 6.45) is -4.04. The monoisotopic (exact) mass is 298 g/mol. The van der Waals surface area contributed by atoms with Gasteiger partial charge in [0.25, 0.3) is 0 Å². The molecule has 8 heteroatoms. The Balaban J connectivity index is 4.47. The second-order valence-corrected chi connectivity index (χ2v) is 4.93. The van der Waals surface area contributed by atoms with Gasteiger partial charge in [0, 0.05) is 0 Å². The SMILES string of the molecule is COC(=O)C(CC(C)C)NC(C)C(=O)NCC(F)(F)F. The predicted octanol–water partition coefficient (Wildman–Crippen LogP) is 1.23. The van der Waals surface area contributed by atoms with Gasteiger partial charge < -0.3 is 10.1 Å². The van der Waals surface area contributed by atoms with Gasteiger partial charge in [0.1, 0.15) is 12.6 Å². The van der Waals surface area contributed by atoms with Crippen LogP contribution in [0.2, 0.25) is 0 Å². The van der Waals surface area contributed by atoms with E-state index in [4.69, 9.17) is 0 Å². The zero-order chi connectivity index (χ0) is 15.9. The summed E-state index contributed by atoms with van der Waals surface area (Å²) in [5.41, 5.74) is 0. The molecule has 0 saturated heterocycles. The Morgan fingerprint density at radius 2 is 1.75 bits per heavy atom. The van der Waals surface area contributed by atoms with Gasteiger partial charge in [0.15, 0.2) is 0 Å². The summed E-state index contributed by atoms with van der Waals surface area (Å²) in [4.78, 5) is 23.0. The molecule has 1 amide bonds. The van der Waals surface area contributed by atoms with E-state index < -0.39 is 36.7 Å². The molecule has 0 rings (SSSR count). The molecule has 118 valence electrons. The summed E-state index contributed by atoms with van der Waals surface area (Å²) in [6, 6.07) is -1.66. The number of nitrogens with one attached hydrogen (secondary N) is 2. The Morgan fingerprint density at radius 3 is 2.15 bits per heavy atom. The molecule has 0 radical (unpaired) electrons. The number of rotatable bonds is 7. The third-order valence-electron chi connectivity index (χ3n) is 2.50. The van der Waals surface area contributed by atoms with Crippen molar-refractivity contribution in [2.75, 3.05) is 13.7 Å². The Hall–Kier alpha value is -1.31. The zero-order valence-corrected chi connectivity index (χ0v) is 12.0. The molecule has 0 fully saturated rings. The van der Waals surface area contributed by atoms with Gasteiger partial charge in [0.2, 0.25) is 5.91 Å². The molecule has 0 heterocycles. The van der Waals surface area contributed by atoms with Crippen LogP contribution < -0.4 is 10.6 Å². The molecule has 0 saturated carbocycles. The smallest absolute Gasteiger partial charge is 0.405 e. The van der Waals surface area contributed by atoms with E-state index in [0.717, 1.165) is 0 Å². The minimum atomic E-state index is -4.46. The molecule has 2 N–H and O–H groups in total. The van der Waals surface area contributed by atoms with Gasteiger partial charge in [-0.05, 0) is 19.3 Å². The fraction of sp³-hybridized carbons (Fsp3) is 0.833. The number of alkyl halides is 3. The molecule has 5 nitrogen and oxygen atoms in total. The van der Waals surface area contributed by atoms with E-state index in [1.54, 1.807) is 5.32 Å². The lowest BCUT2D eigenvalue weighted by Crippen LogP contribution is -2.51. The maximum Gasteiger partial charge on any atom is 0.405 e. The zero-order valence-electron chi connectivity index (χ0n) is 12.0. The van der Waals surface area contributed by atoms with Crippen LogP contribution in [0.25, 0.3) is 0 Å². The summed E-state index contributed by atoms with van der Waals surface area (Å²) < 4.78 is 40.6. The lowest BCUT2D eigenvalue weighted by Gasteiger charge is -2.22. The van der Waals surface area contributed by atoms with Crippen molar-refractivity contribution in [1.82, 2.24) is 10.6 Å². The molecule has 0 aliphatic carbocycles. The first-order valence-electron chi connectivity index (χ1n) is 6.25. The normalized spacial score (nSPS) is 14.8. The highest BCUT2D eigenvalue weighted by Crippen LogP contribution is 2.12. The fourth-order valence-corrected chi connectivity index (χ4v) is 1.56. The Bertz CT molecular complexity index is 332. The number of hydrogen-bond donors (Lipinski definition) is 2. The van der Waals surface area contributed by atoms with Gasteiger partial charge in [-0.2, -0.15) is 13.2 Å². The van der Waals surface area contributed by atoms with E-state index in [1.165, 1.54) is 14.0 Å². The minimum Gasteiger partial charge on any atom is -0.468 e. The van der Waals surface area contributed by atoms with Crippen molar-refractivity contribution in [3.63, 3.8) is 0 Å². The molecule has 2 atom stereocenters. The quantitative estimate of drug-likeness (QED) is 0.694. The van der Waals surface area contributed by atoms with Gasteiger partial charge in [-0.3, -0.25) is 14.9 Å². The molecule has 0 spiro atoms. The molecule has 0 aromatic carbocycles. The van der Waals surface area contributed by atoms with Crippen molar-refractivity contribution in [1.29, 1.82) is 0 Å². The molecule has 0 aromatic rings. The van der Waals surface area contributed by atoms with Crippen molar-refractivity contribution in [3.05, 3.63) is 0 Å². The van der Waals surface area contributed by atoms with Crippen molar-refractivity contribution in [3.8, 4) is 0 Å². The van der Waals surface area contributed by atoms with Gasteiger partial charge in [-0.1, -0.05) is 13.8 Å². The average Bonchev–Trinajstić information content (AvgIpc) is 2.32. The third-order valence-corrected chi connectivity index (χ3v) is 2.50. The third kappa shape index (κ3) is 7.98. The molecule has 0 bridgehead atoms. The second-order valence-electron chi connectivity index (χ2n) is 4.93. The highest BCUT2D eigenvalue weighted by atomic mass is 19.4. The van der Waals surface area contributed by atoms with Gasteiger partial charge >= 0.3 is 12.1 Å². The molecular weight excluding hydrogens is 277 g/mol. The van der Waals surface area contributed by atoms with Crippen LogP contribution in [-0.4, -0.2) is 43.8 Å². The van der Waals surface area contributed by atoms with Gasteiger partial charge in [-0.15, -0.1) is 0 Å². The van der Waals surface area contributed by atoms with E-state index in [2.05, 4.69) is 10.1 Å². The summed E-state index contributed by atoms with van der Waals surface area (Å²) in [5, 5.41) is 4.44. The van der Waals surface area contributed by atoms with Crippen LogP contribution in [0.4, 0.5) is 13.2 Å². The number of ether oxygens (including phenoxy) is 1. The lowest BCUT2D eigenvalue weighted by atomic mass is 10.0. The maximum atomic E-state index is 12.0. The van der Waals surface area contributed by atoms with Crippen LogP contribution in [0.3, 0.4) is 0 Å². The topological polar surface area (TPSA) is 67.4 Å². The van der Waals surface area contributed by atoms with Crippen molar-refractivity contribution >= 4 is 11.9 Å². The Morgan fingerprint density at radius 1 is 1.20 bits per heavy atom. The number of halogens is 3. The van der Waals surface area contributed by atoms with Crippen LogP contribution in [0, 0.1) is 5.92 Å². The standard InChI is InChI=1S/C12H21F3N2O3/c1-7(2)5-9(11(19)20-4)17-8(3)10(18)16-6-12(13,14)15/h7-9,17H,5-6H2,1-4H3,(H,16,18). The van der Waals surface area contributed by atoms with Crippen LogP contribution in [0.5, 0.6) is 0 Å². The first kappa shape index (κ1) is 18.7. The number of amides is 1. The molecule has 0 aromatic heterocycles. The lowest BCUT2D eigenvalue weighted by molar-refractivity contribution is -0.145. The first-order chi connectivity index (χ1) is 9.06. The number of carbonyl (C=O) groups is 2. The summed E-state index contributed by atoms with van der Waals surface area (Å²) >= 11 is 0. The van der Waals surface area contributed by atoms with Gasteiger partial charge in [-0.25, -0.2) is 0 Å². The van der Waals surface area contributed by atoms with E-state index in [-0.39, 0.29) is 5.92 Å². The maximum absolute atomic E-state index is 12.0. The van der Waals surface area contributed by atoms with E-state index in [0.29, 0.717) is 6.42 Å². The molecule has 0 aliphatic rings. The largest absolute Gasteiger partial charge is 0.468 e. The van der Waals surface area contributed by atoms with Crippen molar-refractivity contribution < 1.29 is 27.5 Å². The number of carbonyl (C=O) groups excluding carboxylic acids is 2. The van der Waals surface area contributed by atoms with Crippen LogP contribution >= 0.6 is 0 Å². The summed E-state index contributed by atoms with van der Waals surface area (Å²) in [5.74, 6) is -1.20. The van der Waals surface area contributed by atoms with E-state index in [1.807, 2.05) is 13.8 Å². The average molecular weight is 298 g/mol. The van der Waals surface area contributed by atoms with Crippen LogP contribution in [0.15, 0.2) is 0 Å². The second kappa shape index (κ2) is 8.08. The van der Waals surface area contributed by atoms with Crippen molar-refractivity contribution in [2.24, 2.45) is 5.92 Å². The van der Waals surface area contributed by atoms with Gasteiger partial charge in [0.05, 0.1) is 13.2 Å². The summed E-state index contributed by atoms with van der Waals surface area (Å²) in [7, 11) is 1.21. The highest BCUT2D eigenvalue weighted by molar-refractivity contribution is 5.83. The Kier molecular flexibility index (Phi) is 7.55. The molecule has 0 aliphatic heterocycles. The fourth-order valence-electron chi connectivity index (χ4n) is 1.56. The first-order valence-corrected chi connectivity index (χ1v) is 6.25.